The van der Waals surface area contributed by atoms with Gasteiger partial charge in [-0.1, -0.05) is 18.9 Å². The monoisotopic (exact) mass is 340 g/mol. The Kier molecular flexibility index (Phi) is 5.54. The molecule has 132 valence electrons. The average molecular weight is 340 g/mol. The number of carbonyl (C=O) groups is 2. The van der Waals surface area contributed by atoms with Crippen LogP contribution in [-0.2, 0) is 4.79 Å². The van der Waals surface area contributed by atoms with Gasteiger partial charge in [0.05, 0.1) is 17.6 Å². The van der Waals surface area contributed by atoms with Crippen molar-refractivity contribution in [2.45, 2.75) is 44.6 Å². The van der Waals surface area contributed by atoms with Crippen molar-refractivity contribution in [3.8, 4) is 6.07 Å². The molecule has 0 bridgehead atoms. The molecule has 1 aliphatic carbocycles. The zero-order valence-corrected chi connectivity index (χ0v) is 14.3. The first-order valence-corrected chi connectivity index (χ1v) is 9.02. The molecule has 0 radical (unpaired) electrons. The highest BCUT2D eigenvalue weighted by Gasteiger charge is 2.29. The van der Waals surface area contributed by atoms with Gasteiger partial charge in [0.25, 0.3) is 0 Å². The normalized spacial score (nSPS) is 20.8. The molecule has 1 aromatic rings. The number of nitriles is 1. The minimum atomic E-state index is -0.214. The van der Waals surface area contributed by atoms with Crippen molar-refractivity contribution in [2.75, 3.05) is 18.4 Å². The molecule has 6 heteroatoms. The van der Waals surface area contributed by atoms with Crippen LogP contribution in [0.2, 0.25) is 0 Å². The molecule has 2 N–H and O–H groups in total. The van der Waals surface area contributed by atoms with Crippen LogP contribution < -0.4 is 10.6 Å². The van der Waals surface area contributed by atoms with Gasteiger partial charge >= 0.3 is 6.03 Å². The van der Waals surface area contributed by atoms with E-state index in [1.165, 1.54) is 12.8 Å². The lowest BCUT2D eigenvalue weighted by atomic mass is 9.97. The van der Waals surface area contributed by atoms with E-state index in [-0.39, 0.29) is 23.9 Å². The summed E-state index contributed by atoms with van der Waals surface area (Å²) in [5.41, 5.74) is 1.13. The van der Waals surface area contributed by atoms with Crippen LogP contribution in [-0.4, -0.2) is 36.0 Å². The Balaban J connectivity index is 1.55. The number of amides is 3. The SMILES string of the molecule is N#Cc1cccc(NC(=O)C2CCCN(C(=O)NC3CCCC3)C2)c1. The largest absolute Gasteiger partial charge is 0.335 e. The molecule has 1 saturated heterocycles. The topological polar surface area (TPSA) is 85.2 Å². The van der Waals surface area contributed by atoms with Gasteiger partial charge in [-0.25, -0.2) is 4.79 Å². The molecular weight excluding hydrogens is 316 g/mol. The molecule has 0 aromatic heterocycles. The third-order valence-electron chi connectivity index (χ3n) is 5.02. The van der Waals surface area contributed by atoms with Gasteiger partial charge in [0.1, 0.15) is 0 Å². The number of piperidine rings is 1. The van der Waals surface area contributed by atoms with Gasteiger partial charge in [-0.15, -0.1) is 0 Å². The number of carbonyl (C=O) groups excluding carboxylic acids is 2. The number of anilines is 1. The van der Waals surface area contributed by atoms with Crippen LogP contribution >= 0.6 is 0 Å². The molecule has 1 aliphatic heterocycles. The molecule has 0 spiro atoms. The summed E-state index contributed by atoms with van der Waals surface area (Å²) < 4.78 is 0. The molecule has 1 saturated carbocycles. The van der Waals surface area contributed by atoms with Crippen LogP contribution in [0.3, 0.4) is 0 Å². The zero-order valence-electron chi connectivity index (χ0n) is 14.3. The van der Waals surface area contributed by atoms with Gasteiger partial charge in [0.15, 0.2) is 0 Å². The van der Waals surface area contributed by atoms with E-state index in [9.17, 15) is 9.59 Å². The molecule has 1 heterocycles. The van der Waals surface area contributed by atoms with Crippen molar-refractivity contribution in [2.24, 2.45) is 5.92 Å². The fraction of sp³-hybridized carbons (Fsp3) is 0.526. The Labute approximate surface area is 148 Å². The number of nitrogens with one attached hydrogen (secondary N) is 2. The van der Waals surface area contributed by atoms with E-state index in [4.69, 9.17) is 5.26 Å². The number of benzene rings is 1. The van der Waals surface area contributed by atoms with E-state index < -0.39 is 0 Å². The Morgan fingerprint density at radius 1 is 1.16 bits per heavy atom. The maximum atomic E-state index is 12.5. The highest BCUT2D eigenvalue weighted by atomic mass is 16.2. The van der Waals surface area contributed by atoms with Gasteiger partial charge in [-0.2, -0.15) is 5.26 Å². The number of likely N-dealkylation sites (tertiary alicyclic amines) is 1. The summed E-state index contributed by atoms with van der Waals surface area (Å²) in [4.78, 5) is 26.7. The van der Waals surface area contributed by atoms with Crippen LogP contribution in [0.4, 0.5) is 10.5 Å². The Morgan fingerprint density at radius 3 is 2.72 bits per heavy atom. The fourth-order valence-electron chi connectivity index (χ4n) is 3.62. The lowest BCUT2D eigenvalue weighted by molar-refractivity contribution is -0.121. The number of rotatable bonds is 3. The minimum absolute atomic E-state index is 0.0455. The summed E-state index contributed by atoms with van der Waals surface area (Å²) in [5, 5.41) is 14.9. The van der Waals surface area contributed by atoms with Gasteiger partial charge in [-0.05, 0) is 43.9 Å². The number of nitrogens with zero attached hydrogens (tertiary/aromatic N) is 2. The second-order valence-corrected chi connectivity index (χ2v) is 6.90. The maximum absolute atomic E-state index is 12.5. The van der Waals surface area contributed by atoms with E-state index in [1.807, 2.05) is 0 Å². The zero-order chi connectivity index (χ0) is 17.6. The van der Waals surface area contributed by atoms with E-state index in [0.717, 1.165) is 25.7 Å². The molecule has 1 aromatic carbocycles. The first-order chi connectivity index (χ1) is 12.2. The Bertz CT molecular complexity index is 676. The first-order valence-electron chi connectivity index (χ1n) is 9.02. The molecule has 1 unspecified atom stereocenters. The molecule has 1 atom stereocenters. The summed E-state index contributed by atoms with van der Waals surface area (Å²) in [7, 11) is 0. The van der Waals surface area contributed by atoms with E-state index in [1.54, 1.807) is 29.2 Å². The van der Waals surface area contributed by atoms with Crippen LogP contribution in [0.5, 0.6) is 0 Å². The van der Waals surface area contributed by atoms with E-state index in [2.05, 4.69) is 16.7 Å². The maximum Gasteiger partial charge on any atom is 0.317 e. The van der Waals surface area contributed by atoms with Crippen molar-refractivity contribution in [3.05, 3.63) is 29.8 Å². The summed E-state index contributed by atoms with van der Waals surface area (Å²) in [5.74, 6) is -0.303. The summed E-state index contributed by atoms with van der Waals surface area (Å²) in [6.07, 6.45) is 6.07. The fourth-order valence-corrected chi connectivity index (χ4v) is 3.62. The molecular formula is C19H24N4O2. The lowest BCUT2D eigenvalue weighted by Crippen LogP contribution is -2.49. The number of urea groups is 1. The smallest absolute Gasteiger partial charge is 0.317 e. The third-order valence-corrected chi connectivity index (χ3v) is 5.02. The van der Waals surface area contributed by atoms with Crippen LogP contribution in [0.1, 0.15) is 44.1 Å². The standard InChI is InChI=1S/C19H24N4O2/c20-12-14-5-3-9-17(11-14)21-18(24)15-6-4-10-23(13-15)19(25)22-16-7-1-2-8-16/h3,5,9,11,15-16H,1-2,4,6-8,10,13H2,(H,21,24)(H,22,25). The quantitative estimate of drug-likeness (QED) is 0.887. The van der Waals surface area contributed by atoms with Gasteiger partial charge in [0, 0.05) is 24.8 Å². The Morgan fingerprint density at radius 2 is 1.96 bits per heavy atom. The highest BCUT2D eigenvalue weighted by Crippen LogP contribution is 2.21. The molecule has 3 rings (SSSR count). The van der Waals surface area contributed by atoms with Gasteiger partial charge < -0.3 is 15.5 Å². The summed E-state index contributed by atoms with van der Waals surface area (Å²) >= 11 is 0. The van der Waals surface area contributed by atoms with Crippen molar-refractivity contribution in [1.29, 1.82) is 5.26 Å². The molecule has 2 fully saturated rings. The van der Waals surface area contributed by atoms with E-state index in [0.29, 0.717) is 24.3 Å². The highest BCUT2D eigenvalue weighted by molar-refractivity contribution is 5.93. The molecule has 25 heavy (non-hydrogen) atoms. The lowest BCUT2D eigenvalue weighted by Gasteiger charge is -2.33. The van der Waals surface area contributed by atoms with Gasteiger partial charge in [-0.3, -0.25) is 4.79 Å². The number of hydrogen-bond acceptors (Lipinski definition) is 3. The third kappa shape index (κ3) is 4.50. The Hall–Kier alpha value is -2.55. The van der Waals surface area contributed by atoms with Crippen LogP contribution in [0.15, 0.2) is 24.3 Å². The van der Waals surface area contributed by atoms with Gasteiger partial charge in [0.2, 0.25) is 5.91 Å². The summed E-state index contributed by atoms with van der Waals surface area (Å²) in [6.45, 7) is 1.15. The minimum Gasteiger partial charge on any atom is -0.335 e. The number of hydrogen-bond donors (Lipinski definition) is 2. The molecule has 3 amide bonds. The van der Waals surface area contributed by atoms with Crippen LogP contribution in [0.25, 0.3) is 0 Å². The second kappa shape index (κ2) is 8.02. The van der Waals surface area contributed by atoms with E-state index >= 15 is 0 Å². The second-order valence-electron chi connectivity index (χ2n) is 6.90. The molecule has 6 nitrogen and oxygen atoms in total. The first kappa shape index (κ1) is 17.3. The summed E-state index contributed by atoms with van der Waals surface area (Å²) in [6, 6.07) is 9.18. The van der Waals surface area contributed by atoms with Crippen molar-refractivity contribution >= 4 is 17.6 Å². The van der Waals surface area contributed by atoms with Crippen LogP contribution in [0, 0.1) is 17.2 Å². The predicted octanol–water partition coefficient (Wildman–Crippen LogP) is 2.86. The van der Waals surface area contributed by atoms with Crippen molar-refractivity contribution < 1.29 is 9.59 Å². The predicted molar refractivity (Wildman–Crippen MR) is 94.9 cm³/mol. The van der Waals surface area contributed by atoms with Crippen molar-refractivity contribution in [1.82, 2.24) is 10.2 Å². The average Bonchev–Trinajstić information content (AvgIpc) is 3.15. The molecule has 2 aliphatic rings. The van der Waals surface area contributed by atoms with Crippen molar-refractivity contribution in [3.63, 3.8) is 0 Å².